The van der Waals surface area contributed by atoms with Gasteiger partial charge in [-0.1, -0.05) is 0 Å². The van der Waals surface area contributed by atoms with Gasteiger partial charge in [0.2, 0.25) is 0 Å². The summed E-state index contributed by atoms with van der Waals surface area (Å²) in [5.41, 5.74) is 1.99. The fourth-order valence-corrected chi connectivity index (χ4v) is 3.60. The van der Waals surface area contributed by atoms with Crippen LogP contribution in [-0.4, -0.2) is 28.9 Å². The van der Waals surface area contributed by atoms with Crippen LogP contribution in [0.15, 0.2) is 22.8 Å². The quantitative estimate of drug-likeness (QED) is 0.779. The van der Waals surface area contributed by atoms with Crippen molar-refractivity contribution in [1.82, 2.24) is 9.55 Å². The second-order valence-corrected chi connectivity index (χ2v) is 7.37. The van der Waals surface area contributed by atoms with Crippen LogP contribution in [-0.2, 0) is 17.7 Å². The lowest BCUT2D eigenvalue weighted by molar-refractivity contribution is 0.0666. The van der Waals surface area contributed by atoms with Gasteiger partial charge in [-0.25, -0.2) is 9.37 Å². The SMILES string of the molecule is C[C@@H]1Cn2c(-c3ccc(F)c(OCC4CC4)c3)nc(Br)c2CCO1. The lowest BCUT2D eigenvalue weighted by Crippen LogP contribution is -2.15. The molecule has 1 atom stereocenters. The van der Waals surface area contributed by atoms with E-state index in [2.05, 4.69) is 32.4 Å². The van der Waals surface area contributed by atoms with Gasteiger partial charge in [0.1, 0.15) is 10.4 Å². The number of hydrogen-bond donors (Lipinski definition) is 0. The zero-order valence-corrected chi connectivity index (χ0v) is 15.2. The number of halogens is 2. The van der Waals surface area contributed by atoms with Crippen LogP contribution in [0, 0.1) is 11.7 Å². The third-order valence-corrected chi connectivity index (χ3v) is 5.20. The van der Waals surface area contributed by atoms with E-state index in [0.717, 1.165) is 34.7 Å². The first kappa shape index (κ1) is 16.1. The number of benzene rings is 1. The van der Waals surface area contributed by atoms with Gasteiger partial charge in [-0.2, -0.15) is 0 Å². The Hall–Kier alpha value is -1.40. The van der Waals surface area contributed by atoms with Crippen LogP contribution in [0.3, 0.4) is 0 Å². The molecule has 0 bridgehead atoms. The van der Waals surface area contributed by atoms with Gasteiger partial charge in [0.05, 0.1) is 31.6 Å². The molecular formula is C18H20BrFN2O2. The van der Waals surface area contributed by atoms with Crippen molar-refractivity contribution in [3.8, 4) is 17.1 Å². The van der Waals surface area contributed by atoms with Gasteiger partial charge >= 0.3 is 0 Å². The molecule has 0 amide bonds. The zero-order valence-electron chi connectivity index (χ0n) is 13.6. The van der Waals surface area contributed by atoms with Gasteiger partial charge in [0.15, 0.2) is 11.6 Å². The van der Waals surface area contributed by atoms with E-state index in [1.165, 1.54) is 18.9 Å². The fraction of sp³-hybridized carbons (Fsp3) is 0.500. The van der Waals surface area contributed by atoms with Crippen LogP contribution in [0.4, 0.5) is 4.39 Å². The smallest absolute Gasteiger partial charge is 0.165 e. The monoisotopic (exact) mass is 394 g/mol. The average molecular weight is 395 g/mol. The molecule has 2 aromatic rings. The van der Waals surface area contributed by atoms with Crippen molar-refractivity contribution in [3.05, 3.63) is 34.3 Å². The molecular weight excluding hydrogens is 375 g/mol. The maximum absolute atomic E-state index is 14.0. The Morgan fingerprint density at radius 2 is 2.25 bits per heavy atom. The first-order valence-electron chi connectivity index (χ1n) is 8.41. The Kier molecular flexibility index (Phi) is 4.35. The van der Waals surface area contributed by atoms with Crippen molar-refractivity contribution >= 4 is 15.9 Å². The molecule has 0 saturated heterocycles. The minimum Gasteiger partial charge on any atom is -0.490 e. The number of hydrogen-bond acceptors (Lipinski definition) is 3. The van der Waals surface area contributed by atoms with E-state index >= 15 is 0 Å². The van der Waals surface area contributed by atoms with Crippen LogP contribution in [0.5, 0.6) is 5.75 Å². The standard InChI is InChI=1S/C18H20BrFN2O2/c1-11-9-22-15(6-7-23-11)17(19)21-18(22)13-4-5-14(20)16(8-13)24-10-12-2-3-12/h4-5,8,11-12H,2-3,6-7,9-10H2,1H3/t11-/m1/s1. The summed E-state index contributed by atoms with van der Waals surface area (Å²) >= 11 is 3.55. The summed E-state index contributed by atoms with van der Waals surface area (Å²) in [5.74, 6) is 1.40. The van der Waals surface area contributed by atoms with Crippen LogP contribution in [0.2, 0.25) is 0 Å². The molecule has 1 aromatic carbocycles. The molecule has 0 radical (unpaired) electrons. The van der Waals surface area contributed by atoms with Gasteiger partial charge in [-0.15, -0.1) is 0 Å². The van der Waals surface area contributed by atoms with E-state index in [4.69, 9.17) is 9.47 Å². The molecule has 2 heterocycles. The number of ether oxygens (including phenoxy) is 2. The van der Waals surface area contributed by atoms with Crippen molar-refractivity contribution in [2.24, 2.45) is 5.92 Å². The van der Waals surface area contributed by atoms with Crippen LogP contribution in [0.1, 0.15) is 25.5 Å². The van der Waals surface area contributed by atoms with Crippen molar-refractivity contribution in [3.63, 3.8) is 0 Å². The van der Waals surface area contributed by atoms with Gasteiger partial charge < -0.3 is 14.0 Å². The third kappa shape index (κ3) is 3.22. The van der Waals surface area contributed by atoms with E-state index in [-0.39, 0.29) is 11.9 Å². The van der Waals surface area contributed by atoms with E-state index < -0.39 is 0 Å². The molecule has 0 spiro atoms. The molecule has 0 unspecified atom stereocenters. The number of aromatic nitrogens is 2. The summed E-state index contributed by atoms with van der Waals surface area (Å²) in [6, 6.07) is 4.98. The number of rotatable bonds is 4. The predicted octanol–water partition coefficient (Wildman–Crippen LogP) is 4.20. The van der Waals surface area contributed by atoms with Crippen molar-refractivity contribution in [2.45, 2.75) is 38.8 Å². The highest BCUT2D eigenvalue weighted by Crippen LogP contribution is 2.33. The number of fused-ring (bicyclic) bond motifs is 1. The van der Waals surface area contributed by atoms with Gasteiger partial charge in [-0.05, 0) is 59.8 Å². The zero-order chi connectivity index (χ0) is 16.7. The topological polar surface area (TPSA) is 36.3 Å². The number of imidazole rings is 1. The molecule has 4 nitrogen and oxygen atoms in total. The molecule has 1 fully saturated rings. The molecule has 1 aliphatic carbocycles. The van der Waals surface area contributed by atoms with E-state index in [0.29, 0.717) is 24.9 Å². The maximum Gasteiger partial charge on any atom is 0.165 e. The molecule has 6 heteroatoms. The highest BCUT2D eigenvalue weighted by atomic mass is 79.9. The Labute approximate surface area is 149 Å². The Balaban J connectivity index is 1.69. The van der Waals surface area contributed by atoms with Crippen molar-refractivity contribution < 1.29 is 13.9 Å². The highest BCUT2D eigenvalue weighted by Gasteiger charge is 2.24. The van der Waals surface area contributed by atoms with Gasteiger partial charge in [0.25, 0.3) is 0 Å². The maximum atomic E-state index is 14.0. The normalized spacial score (nSPS) is 20.5. The molecule has 24 heavy (non-hydrogen) atoms. The molecule has 128 valence electrons. The summed E-state index contributed by atoms with van der Waals surface area (Å²) in [7, 11) is 0. The average Bonchev–Trinajstić information content (AvgIpc) is 3.35. The van der Waals surface area contributed by atoms with E-state index in [9.17, 15) is 4.39 Å². The van der Waals surface area contributed by atoms with Gasteiger partial charge in [0, 0.05) is 12.0 Å². The van der Waals surface area contributed by atoms with Gasteiger partial charge in [-0.3, -0.25) is 0 Å². The van der Waals surface area contributed by atoms with Crippen LogP contribution >= 0.6 is 15.9 Å². The van der Waals surface area contributed by atoms with Crippen molar-refractivity contribution in [1.29, 1.82) is 0 Å². The predicted molar refractivity (Wildman–Crippen MR) is 92.7 cm³/mol. The Morgan fingerprint density at radius 3 is 3.04 bits per heavy atom. The Bertz CT molecular complexity index is 758. The second kappa shape index (κ2) is 6.48. The Morgan fingerprint density at radius 1 is 1.42 bits per heavy atom. The van der Waals surface area contributed by atoms with Crippen LogP contribution < -0.4 is 4.74 Å². The summed E-state index contributed by atoms with van der Waals surface area (Å²) < 4.78 is 28.5. The van der Waals surface area contributed by atoms with Crippen molar-refractivity contribution in [2.75, 3.05) is 13.2 Å². The summed E-state index contributed by atoms with van der Waals surface area (Å²) in [6.07, 6.45) is 3.29. The lowest BCUT2D eigenvalue weighted by Gasteiger charge is -2.14. The minimum absolute atomic E-state index is 0.122. The largest absolute Gasteiger partial charge is 0.490 e. The fourth-order valence-electron chi connectivity index (χ4n) is 3.02. The molecule has 2 aliphatic rings. The third-order valence-electron chi connectivity index (χ3n) is 4.57. The lowest BCUT2D eigenvalue weighted by atomic mass is 10.2. The second-order valence-electron chi connectivity index (χ2n) is 6.61. The minimum atomic E-state index is -0.321. The molecule has 1 aromatic heterocycles. The first-order valence-corrected chi connectivity index (χ1v) is 9.20. The van der Waals surface area contributed by atoms with E-state index in [1.807, 2.05) is 0 Å². The molecule has 0 N–H and O–H groups in total. The summed E-state index contributed by atoms with van der Waals surface area (Å²) in [5, 5.41) is 0. The number of nitrogens with zero attached hydrogens (tertiary/aromatic N) is 2. The highest BCUT2D eigenvalue weighted by molar-refractivity contribution is 9.10. The van der Waals surface area contributed by atoms with E-state index in [1.54, 1.807) is 12.1 Å². The summed E-state index contributed by atoms with van der Waals surface area (Å²) in [4.78, 5) is 4.66. The molecule has 1 saturated carbocycles. The summed E-state index contributed by atoms with van der Waals surface area (Å²) in [6.45, 7) is 4.07. The first-order chi connectivity index (χ1) is 11.6. The molecule has 4 rings (SSSR count). The molecule has 1 aliphatic heterocycles. The van der Waals surface area contributed by atoms with Crippen LogP contribution in [0.25, 0.3) is 11.4 Å².